The van der Waals surface area contributed by atoms with Gasteiger partial charge in [0.1, 0.15) is 0 Å². The van der Waals surface area contributed by atoms with Crippen LogP contribution in [0.2, 0.25) is 0 Å². The number of hydrogen-bond donors (Lipinski definition) is 1. The SMILES string of the molecule is COC1CCN(C(=O)CCC(CCN)C(C)C)CC1. The first-order chi connectivity index (χ1) is 9.08. The van der Waals surface area contributed by atoms with Gasteiger partial charge in [-0.25, -0.2) is 0 Å². The molecule has 0 radical (unpaired) electrons. The highest BCUT2D eigenvalue weighted by atomic mass is 16.5. The molecule has 1 rings (SSSR count). The summed E-state index contributed by atoms with van der Waals surface area (Å²) >= 11 is 0. The first-order valence-electron chi connectivity index (χ1n) is 7.59. The number of nitrogens with zero attached hydrogens (tertiary/aromatic N) is 1. The van der Waals surface area contributed by atoms with E-state index in [0.29, 0.717) is 30.3 Å². The topological polar surface area (TPSA) is 55.6 Å². The Morgan fingerprint density at radius 1 is 1.32 bits per heavy atom. The maximum Gasteiger partial charge on any atom is 0.222 e. The van der Waals surface area contributed by atoms with Crippen molar-refractivity contribution in [1.29, 1.82) is 0 Å². The van der Waals surface area contributed by atoms with Gasteiger partial charge in [0.2, 0.25) is 5.91 Å². The quantitative estimate of drug-likeness (QED) is 0.770. The predicted molar refractivity (Wildman–Crippen MR) is 77.8 cm³/mol. The second-order valence-electron chi connectivity index (χ2n) is 5.94. The Hall–Kier alpha value is -0.610. The second kappa shape index (κ2) is 8.54. The van der Waals surface area contributed by atoms with Crippen molar-refractivity contribution in [3.05, 3.63) is 0 Å². The van der Waals surface area contributed by atoms with Crippen molar-refractivity contribution in [2.75, 3.05) is 26.7 Å². The largest absolute Gasteiger partial charge is 0.381 e. The number of rotatable bonds is 7. The molecule has 0 aliphatic carbocycles. The Labute approximate surface area is 117 Å². The van der Waals surface area contributed by atoms with Gasteiger partial charge >= 0.3 is 0 Å². The van der Waals surface area contributed by atoms with E-state index < -0.39 is 0 Å². The van der Waals surface area contributed by atoms with E-state index in [1.54, 1.807) is 7.11 Å². The monoisotopic (exact) mass is 270 g/mol. The molecule has 2 N–H and O–H groups in total. The number of hydrogen-bond acceptors (Lipinski definition) is 3. The molecule has 4 nitrogen and oxygen atoms in total. The fourth-order valence-electron chi connectivity index (χ4n) is 2.83. The average Bonchev–Trinajstić information content (AvgIpc) is 2.42. The maximum absolute atomic E-state index is 12.2. The molecule has 1 aliphatic rings. The minimum absolute atomic E-state index is 0.303. The number of nitrogens with two attached hydrogens (primary N) is 1. The zero-order valence-corrected chi connectivity index (χ0v) is 12.7. The van der Waals surface area contributed by atoms with E-state index in [9.17, 15) is 4.79 Å². The van der Waals surface area contributed by atoms with Crippen LogP contribution in [0.3, 0.4) is 0 Å². The van der Waals surface area contributed by atoms with Crippen LogP contribution in [0.1, 0.15) is 46.0 Å². The van der Waals surface area contributed by atoms with Gasteiger partial charge in [0.05, 0.1) is 6.10 Å². The summed E-state index contributed by atoms with van der Waals surface area (Å²) < 4.78 is 5.33. The lowest BCUT2D eigenvalue weighted by Crippen LogP contribution is -2.40. The van der Waals surface area contributed by atoms with Gasteiger partial charge in [0.25, 0.3) is 0 Å². The zero-order chi connectivity index (χ0) is 14.3. The Kier molecular flexibility index (Phi) is 7.39. The number of ether oxygens (including phenoxy) is 1. The molecule has 19 heavy (non-hydrogen) atoms. The van der Waals surface area contributed by atoms with Crippen LogP contribution in [0.4, 0.5) is 0 Å². The summed E-state index contributed by atoms with van der Waals surface area (Å²) in [7, 11) is 1.75. The summed E-state index contributed by atoms with van der Waals surface area (Å²) in [6.45, 7) is 6.85. The highest BCUT2D eigenvalue weighted by Gasteiger charge is 2.23. The molecule has 1 unspecified atom stereocenters. The summed E-state index contributed by atoms with van der Waals surface area (Å²) in [6.07, 6.45) is 4.94. The lowest BCUT2D eigenvalue weighted by atomic mass is 9.88. The normalized spacial score (nSPS) is 18.9. The Morgan fingerprint density at radius 2 is 1.95 bits per heavy atom. The molecule has 0 aromatic carbocycles. The van der Waals surface area contributed by atoms with Gasteiger partial charge in [-0.3, -0.25) is 4.79 Å². The highest BCUT2D eigenvalue weighted by molar-refractivity contribution is 5.76. The molecule has 0 bridgehead atoms. The highest BCUT2D eigenvalue weighted by Crippen LogP contribution is 2.22. The van der Waals surface area contributed by atoms with Gasteiger partial charge in [0.15, 0.2) is 0 Å². The van der Waals surface area contributed by atoms with Crippen LogP contribution >= 0.6 is 0 Å². The van der Waals surface area contributed by atoms with Gasteiger partial charge in [0, 0.05) is 26.6 Å². The number of carbonyl (C=O) groups is 1. The van der Waals surface area contributed by atoms with E-state index in [1.165, 1.54) is 0 Å². The van der Waals surface area contributed by atoms with Gasteiger partial charge in [-0.1, -0.05) is 13.8 Å². The van der Waals surface area contributed by atoms with Crippen molar-refractivity contribution in [1.82, 2.24) is 4.90 Å². The van der Waals surface area contributed by atoms with Crippen molar-refractivity contribution >= 4 is 5.91 Å². The molecule has 112 valence electrons. The fourth-order valence-corrected chi connectivity index (χ4v) is 2.83. The minimum atomic E-state index is 0.303. The Bertz CT molecular complexity index is 261. The van der Waals surface area contributed by atoms with Crippen molar-refractivity contribution in [3.63, 3.8) is 0 Å². The van der Waals surface area contributed by atoms with Crippen molar-refractivity contribution in [3.8, 4) is 0 Å². The summed E-state index contributed by atoms with van der Waals surface area (Å²) in [5.74, 6) is 1.48. The molecule has 1 heterocycles. The second-order valence-corrected chi connectivity index (χ2v) is 5.94. The molecular formula is C15H30N2O2. The summed E-state index contributed by atoms with van der Waals surface area (Å²) in [5.41, 5.74) is 5.64. The summed E-state index contributed by atoms with van der Waals surface area (Å²) in [4.78, 5) is 14.2. The Balaban J connectivity index is 2.30. The van der Waals surface area contributed by atoms with Crippen LogP contribution in [0.25, 0.3) is 0 Å². The van der Waals surface area contributed by atoms with E-state index >= 15 is 0 Å². The number of carbonyl (C=O) groups excluding carboxylic acids is 1. The third-order valence-corrected chi connectivity index (χ3v) is 4.34. The van der Waals surface area contributed by atoms with Crippen LogP contribution < -0.4 is 5.73 Å². The lowest BCUT2D eigenvalue weighted by Gasteiger charge is -2.32. The molecule has 1 fully saturated rings. The van der Waals surface area contributed by atoms with E-state index in [-0.39, 0.29) is 0 Å². The molecule has 1 saturated heterocycles. The molecule has 0 aromatic heterocycles. The maximum atomic E-state index is 12.2. The van der Waals surface area contributed by atoms with Crippen LogP contribution in [0.5, 0.6) is 0 Å². The average molecular weight is 270 g/mol. The minimum Gasteiger partial charge on any atom is -0.381 e. The molecule has 1 atom stereocenters. The molecular weight excluding hydrogens is 240 g/mol. The number of piperidine rings is 1. The molecule has 4 heteroatoms. The third kappa shape index (κ3) is 5.49. The first-order valence-corrected chi connectivity index (χ1v) is 7.59. The summed E-state index contributed by atoms with van der Waals surface area (Å²) in [5, 5.41) is 0. The smallest absolute Gasteiger partial charge is 0.222 e. The van der Waals surface area contributed by atoms with Crippen LogP contribution in [-0.4, -0.2) is 43.7 Å². The van der Waals surface area contributed by atoms with Crippen molar-refractivity contribution in [2.45, 2.75) is 52.1 Å². The van der Waals surface area contributed by atoms with E-state index in [4.69, 9.17) is 10.5 Å². The van der Waals surface area contributed by atoms with Crippen LogP contribution in [0.15, 0.2) is 0 Å². The Morgan fingerprint density at radius 3 is 2.42 bits per heavy atom. The first kappa shape index (κ1) is 16.4. The fraction of sp³-hybridized carbons (Fsp3) is 0.933. The lowest BCUT2D eigenvalue weighted by molar-refractivity contribution is -0.133. The molecule has 0 aromatic rings. The van der Waals surface area contributed by atoms with Crippen LogP contribution in [0, 0.1) is 11.8 Å². The molecule has 0 saturated carbocycles. The van der Waals surface area contributed by atoms with Gasteiger partial charge in [-0.15, -0.1) is 0 Å². The van der Waals surface area contributed by atoms with E-state index in [2.05, 4.69) is 13.8 Å². The number of likely N-dealkylation sites (tertiary alicyclic amines) is 1. The summed E-state index contributed by atoms with van der Waals surface area (Å²) in [6, 6.07) is 0. The van der Waals surface area contributed by atoms with Gasteiger partial charge in [-0.2, -0.15) is 0 Å². The standard InChI is InChI=1S/C15H30N2O2/c1-12(2)13(6-9-16)4-5-15(18)17-10-7-14(19-3)8-11-17/h12-14H,4-11,16H2,1-3H3. The number of amides is 1. The van der Waals surface area contributed by atoms with E-state index in [0.717, 1.165) is 45.3 Å². The van der Waals surface area contributed by atoms with Crippen LogP contribution in [-0.2, 0) is 9.53 Å². The van der Waals surface area contributed by atoms with E-state index in [1.807, 2.05) is 4.90 Å². The van der Waals surface area contributed by atoms with Crippen molar-refractivity contribution in [2.24, 2.45) is 17.6 Å². The number of methoxy groups -OCH3 is 1. The molecule has 1 aliphatic heterocycles. The van der Waals surface area contributed by atoms with Gasteiger partial charge < -0.3 is 15.4 Å². The molecule has 1 amide bonds. The van der Waals surface area contributed by atoms with Crippen molar-refractivity contribution < 1.29 is 9.53 Å². The van der Waals surface area contributed by atoms with Gasteiger partial charge in [-0.05, 0) is 44.1 Å². The predicted octanol–water partition coefficient (Wildman–Crippen LogP) is 2.02. The zero-order valence-electron chi connectivity index (χ0n) is 12.7. The molecule has 0 spiro atoms. The third-order valence-electron chi connectivity index (χ3n) is 4.34.